The molecule has 48 valence electrons. The van der Waals surface area contributed by atoms with Crippen LogP contribution < -0.4 is 6.15 Å². The van der Waals surface area contributed by atoms with Crippen molar-refractivity contribution < 1.29 is 0 Å². The van der Waals surface area contributed by atoms with Crippen molar-refractivity contribution in [2.75, 3.05) is 0 Å². The zero-order chi connectivity index (χ0) is 5.91. The molecule has 0 aliphatic rings. The zero-order valence-electron chi connectivity index (χ0n) is 5.86. The standard InChI is InChI=1S/C6H11N.H3N/c1-4-6(2,3)5-7;/h4H2,1-3H3;1H3. The first-order valence-corrected chi connectivity index (χ1v) is 2.53. The normalized spacial score (nSPS) is 9.25. The first kappa shape index (κ1) is 10.4. The molecule has 2 heteroatoms. The molecule has 0 aromatic rings. The van der Waals surface area contributed by atoms with Crippen LogP contribution >= 0.6 is 0 Å². The molecule has 2 nitrogen and oxygen atoms in total. The Kier molecular flexibility index (Phi) is 4.50. The van der Waals surface area contributed by atoms with Gasteiger partial charge in [0, 0.05) is 0 Å². The highest BCUT2D eigenvalue weighted by Crippen LogP contribution is 2.16. The molecule has 0 amide bonds. The number of hydrogen-bond donors (Lipinski definition) is 1. The van der Waals surface area contributed by atoms with E-state index in [-0.39, 0.29) is 11.6 Å². The van der Waals surface area contributed by atoms with Crippen molar-refractivity contribution in [2.45, 2.75) is 27.2 Å². The van der Waals surface area contributed by atoms with E-state index in [2.05, 4.69) is 6.07 Å². The second kappa shape index (κ2) is 3.45. The molecule has 0 spiro atoms. The van der Waals surface area contributed by atoms with Crippen LogP contribution in [0, 0.1) is 16.7 Å². The molecule has 8 heavy (non-hydrogen) atoms. The predicted molar refractivity (Wildman–Crippen MR) is 34.7 cm³/mol. The van der Waals surface area contributed by atoms with Gasteiger partial charge >= 0.3 is 0 Å². The van der Waals surface area contributed by atoms with Crippen LogP contribution in [-0.4, -0.2) is 0 Å². The Morgan fingerprint density at radius 2 is 1.88 bits per heavy atom. The van der Waals surface area contributed by atoms with Crippen LogP contribution in [0.25, 0.3) is 0 Å². The molecule has 0 radical (unpaired) electrons. The maximum atomic E-state index is 8.34. The summed E-state index contributed by atoms with van der Waals surface area (Å²) < 4.78 is 0. The number of nitrogens with zero attached hydrogens (tertiary/aromatic N) is 1. The lowest BCUT2D eigenvalue weighted by atomic mass is 9.93. The molecule has 3 N–H and O–H groups in total. The van der Waals surface area contributed by atoms with Gasteiger partial charge in [0.2, 0.25) is 0 Å². The van der Waals surface area contributed by atoms with E-state index in [0.29, 0.717) is 0 Å². The van der Waals surface area contributed by atoms with Crippen molar-refractivity contribution in [3.05, 3.63) is 0 Å². The van der Waals surface area contributed by atoms with Crippen LogP contribution in [0.4, 0.5) is 0 Å². The molecule has 0 fully saturated rings. The highest BCUT2D eigenvalue weighted by atomic mass is 14.3. The maximum Gasteiger partial charge on any atom is 0.0683 e. The van der Waals surface area contributed by atoms with Gasteiger partial charge in [0.1, 0.15) is 0 Å². The van der Waals surface area contributed by atoms with Crippen LogP contribution in [0.3, 0.4) is 0 Å². The van der Waals surface area contributed by atoms with E-state index >= 15 is 0 Å². The average molecular weight is 114 g/mol. The zero-order valence-corrected chi connectivity index (χ0v) is 5.86. The van der Waals surface area contributed by atoms with E-state index in [1.54, 1.807) is 0 Å². The summed E-state index contributed by atoms with van der Waals surface area (Å²) in [5.41, 5.74) is -0.111. The molecule has 0 unspecified atom stereocenters. The fourth-order valence-corrected chi connectivity index (χ4v) is 0.0791. The minimum absolute atomic E-state index is 0. The topological polar surface area (TPSA) is 58.8 Å². The molecule has 0 atom stereocenters. The molecule has 0 aromatic heterocycles. The Bertz CT molecular complexity index is 89.2. The molecule has 0 aliphatic carbocycles. The van der Waals surface area contributed by atoms with Crippen molar-refractivity contribution in [3.8, 4) is 6.07 Å². The summed E-state index contributed by atoms with van der Waals surface area (Å²) in [5.74, 6) is 0. The lowest BCUT2D eigenvalue weighted by Gasteiger charge is -2.08. The summed E-state index contributed by atoms with van der Waals surface area (Å²) in [7, 11) is 0. The van der Waals surface area contributed by atoms with Crippen molar-refractivity contribution in [3.63, 3.8) is 0 Å². The Hall–Kier alpha value is -0.550. The molecular weight excluding hydrogens is 100 g/mol. The smallest absolute Gasteiger partial charge is 0.0683 e. The van der Waals surface area contributed by atoms with Crippen LogP contribution in [-0.2, 0) is 0 Å². The first-order chi connectivity index (χ1) is 3.12. The Labute approximate surface area is 51.1 Å². The van der Waals surface area contributed by atoms with Gasteiger partial charge in [-0.3, -0.25) is 0 Å². The van der Waals surface area contributed by atoms with Gasteiger partial charge in [0.25, 0.3) is 0 Å². The van der Waals surface area contributed by atoms with Crippen molar-refractivity contribution in [2.24, 2.45) is 5.41 Å². The predicted octanol–water partition coefficient (Wildman–Crippen LogP) is 2.11. The first-order valence-electron chi connectivity index (χ1n) is 2.53. The molecule has 0 bridgehead atoms. The van der Waals surface area contributed by atoms with E-state index in [1.807, 2.05) is 20.8 Å². The monoisotopic (exact) mass is 114 g/mol. The van der Waals surface area contributed by atoms with Gasteiger partial charge in [-0.2, -0.15) is 5.26 Å². The number of hydrogen-bond acceptors (Lipinski definition) is 2. The highest BCUT2D eigenvalue weighted by Gasteiger charge is 2.11. The third-order valence-corrected chi connectivity index (χ3v) is 1.19. The van der Waals surface area contributed by atoms with E-state index < -0.39 is 0 Å². The van der Waals surface area contributed by atoms with E-state index in [1.165, 1.54) is 0 Å². The van der Waals surface area contributed by atoms with Crippen molar-refractivity contribution >= 4 is 0 Å². The fraction of sp³-hybridized carbons (Fsp3) is 0.833. The van der Waals surface area contributed by atoms with E-state index in [0.717, 1.165) is 6.42 Å². The minimum atomic E-state index is -0.111. The third-order valence-electron chi connectivity index (χ3n) is 1.19. The summed E-state index contributed by atoms with van der Waals surface area (Å²) in [6.45, 7) is 5.89. The SMILES string of the molecule is CCC(C)(C)C#N.N. The molecule has 0 heterocycles. The van der Waals surface area contributed by atoms with Gasteiger partial charge in [-0.1, -0.05) is 6.92 Å². The van der Waals surface area contributed by atoms with Crippen LogP contribution in [0.15, 0.2) is 0 Å². The van der Waals surface area contributed by atoms with Crippen LogP contribution in [0.1, 0.15) is 27.2 Å². The average Bonchev–Trinajstić information content (AvgIpc) is 1.68. The second-order valence-electron chi connectivity index (χ2n) is 2.35. The molecule has 0 rings (SSSR count). The van der Waals surface area contributed by atoms with E-state index in [9.17, 15) is 0 Å². The van der Waals surface area contributed by atoms with Crippen LogP contribution in [0.5, 0.6) is 0 Å². The third kappa shape index (κ3) is 3.63. The number of rotatable bonds is 1. The lowest BCUT2D eigenvalue weighted by molar-refractivity contribution is 0.477. The summed E-state index contributed by atoms with van der Waals surface area (Å²) in [6, 6.07) is 2.19. The maximum absolute atomic E-state index is 8.34. The number of nitriles is 1. The second-order valence-corrected chi connectivity index (χ2v) is 2.35. The summed E-state index contributed by atoms with van der Waals surface area (Å²) in [6.07, 6.45) is 0.934. The Morgan fingerprint density at radius 1 is 1.50 bits per heavy atom. The summed E-state index contributed by atoms with van der Waals surface area (Å²) in [4.78, 5) is 0. The minimum Gasteiger partial charge on any atom is -0.344 e. The van der Waals surface area contributed by atoms with Crippen molar-refractivity contribution in [1.82, 2.24) is 6.15 Å². The van der Waals surface area contributed by atoms with Gasteiger partial charge < -0.3 is 6.15 Å². The highest BCUT2D eigenvalue weighted by molar-refractivity contribution is 4.89. The van der Waals surface area contributed by atoms with Gasteiger partial charge in [0.05, 0.1) is 11.5 Å². The Morgan fingerprint density at radius 3 is 1.88 bits per heavy atom. The Balaban J connectivity index is 0. The molecule has 0 saturated heterocycles. The van der Waals surface area contributed by atoms with E-state index in [4.69, 9.17) is 5.26 Å². The molecule has 0 aliphatic heterocycles. The van der Waals surface area contributed by atoms with Crippen molar-refractivity contribution in [1.29, 1.82) is 5.26 Å². The summed E-state index contributed by atoms with van der Waals surface area (Å²) >= 11 is 0. The lowest BCUT2D eigenvalue weighted by Crippen LogP contribution is -2.03. The largest absolute Gasteiger partial charge is 0.344 e. The van der Waals surface area contributed by atoms with Gasteiger partial charge in [0.15, 0.2) is 0 Å². The molecular formula is C6H14N2. The van der Waals surface area contributed by atoms with Crippen LogP contribution in [0.2, 0.25) is 0 Å². The summed E-state index contributed by atoms with van der Waals surface area (Å²) in [5, 5.41) is 8.34. The van der Waals surface area contributed by atoms with Gasteiger partial charge in [-0.05, 0) is 20.3 Å². The van der Waals surface area contributed by atoms with Gasteiger partial charge in [-0.25, -0.2) is 0 Å². The molecule has 0 saturated carbocycles. The quantitative estimate of drug-likeness (QED) is 0.567. The van der Waals surface area contributed by atoms with Gasteiger partial charge in [-0.15, -0.1) is 0 Å². The molecule has 0 aromatic carbocycles. The fourth-order valence-electron chi connectivity index (χ4n) is 0.0791.